The van der Waals surface area contributed by atoms with E-state index in [-0.39, 0.29) is 29.4 Å². The van der Waals surface area contributed by atoms with Crippen LogP contribution in [-0.2, 0) is 10.0 Å². The van der Waals surface area contributed by atoms with Crippen molar-refractivity contribution in [2.45, 2.75) is 17.4 Å². The van der Waals surface area contributed by atoms with Crippen molar-refractivity contribution in [3.8, 4) is 11.8 Å². The van der Waals surface area contributed by atoms with Crippen LogP contribution < -0.4 is 15.2 Å². The van der Waals surface area contributed by atoms with Crippen LogP contribution in [0.25, 0.3) is 0 Å². The van der Waals surface area contributed by atoms with Crippen LogP contribution >= 0.6 is 11.6 Å². The summed E-state index contributed by atoms with van der Waals surface area (Å²) in [5, 5.41) is 9.00. The van der Waals surface area contributed by atoms with Crippen LogP contribution in [0.2, 0.25) is 5.02 Å². The van der Waals surface area contributed by atoms with Gasteiger partial charge in [0.25, 0.3) is 0 Å². The number of hydrogen-bond donors (Lipinski definition) is 2. The molecule has 0 spiro atoms. The molecule has 0 bridgehead atoms. The number of halogens is 2. The molecule has 138 valence electrons. The Morgan fingerprint density at radius 1 is 1.31 bits per heavy atom. The van der Waals surface area contributed by atoms with Gasteiger partial charge in [0.1, 0.15) is 24.2 Å². The highest BCUT2D eigenvalue weighted by Gasteiger charge is 2.14. The van der Waals surface area contributed by atoms with E-state index in [2.05, 4.69) is 4.72 Å². The van der Waals surface area contributed by atoms with Crippen molar-refractivity contribution in [3.05, 3.63) is 58.9 Å². The first-order valence-corrected chi connectivity index (χ1v) is 9.51. The Labute approximate surface area is 156 Å². The average Bonchev–Trinajstić information content (AvgIpc) is 2.60. The average molecular weight is 398 g/mol. The summed E-state index contributed by atoms with van der Waals surface area (Å²) in [6.45, 7) is 0.186. The fourth-order valence-electron chi connectivity index (χ4n) is 2.06. The number of sulfonamides is 1. The highest BCUT2D eigenvalue weighted by Crippen LogP contribution is 2.17. The molecule has 0 aliphatic heterocycles. The lowest BCUT2D eigenvalue weighted by Crippen LogP contribution is -2.34. The quantitative estimate of drug-likeness (QED) is 0.711. The van der Waals surface area contributed by atoms with Gasteiger partial charge < -0.3 is 10.5 Å². The number of hydrogen-bond acceptors (Lipinski definition) is 5. The van der Waals surface area contributed by atoms with Crippen LogP contribution in [0.15, 0.2) is 47.4 Å². The maximum Gasteiger partial charge on any atom is 0.240 e. The van der Waals surface area contributed by atoms with Crippen molar-refractivity contribution < 1.29 is 17.5 Å². The minimum Gasteiger partial charge on any atom is -0.492 e. The molecule has 2 aromatic rings. The minimum atomic E-state index is -3.67. The van der Waals surface area contributed by atoms with Gasteiger partial charge >= 0.3 is 0 Å². The molecule has 0 amide bonds. The highest BCUT2D eigenvalue weighted by atomic mass is 35.5. The standard InChI is InChI=1S/C17H17ClFN3O3S/c18-13-2-1-3-16(8-13)26(23,24)22-7-6-14(21)11-25-15-5-4-12(10-20)17(19)9-15/h1-5,8-9,14,22H,6-7,11,21H2. The molecule has 0 aromatic heterocycles. The fourth-order valence-corrected chi connectivity index (χ4v) is 3.41. The lowest BCUT2D eigenvalue weighted by Gasteiger charge is -2.14. The number of nitrogens with two attached hydrogens (primary N) is 1. The Bertz CT molecular complexity index is 916. The molecule has 26 heavy (non-hydrogen) atoms. The van der Waals surface area contributed by atoms with Crippen LogP contribution in [0.4, 0.5) is 4.39 Å². The van der Waals surface area contributed by atoms with Crippen molar-refractivity contribution in [3.63, 3.8) is 0 Å². The molecule has 1 unspecified atom stereocenters. The molecule has 6 nitrogen and oxygen atoms in total. The van der Waals surface area contributed by atoms with E-state index in [0.717, 1.165) is 6.07 Å². The topological polar surface area (TPSA) is 105 Å². The van der Waals surface area contributed by atoms with E-state index in [0.29, 0.717) is 11.4 Å². The van der Waals surface area contributed by atoms with Gasteiger partial charge in [0, 0.05) is 23.7 Å². The van der Waals surface area contributed by atoms with Gasteiger partial charge in [-0.25, -0.2) is 17.5 Å². The summed E-state index contributed by atoms with van der Waals surface area (Å²) in [5.74, 6) is -0.427. The Morgan fingerprint density at radius 2 is 2.08 bits per heavy atom. The minimum absolute atomic E-state index is 0.0721. The van der Waals surface area contributed by atoms with Crippen molar-refractivity contribution >= 4 is 21.6 Å². The van der Waals surface area contributed by atoms with Crippen molar-refractivity contribution in [1.29, 1.82) is 5.26 Å². The number of rotatable bonds is 8. The van der Waals surface area contributed by atoms with E-state index < -0.39 is 21.9 Å². The van der Waals surface area contributed by atoms with Gasteiger partial charge in [0.15, 0.2) is 0 Å². The van der Waals surface area contributed by atoms with E-state index in [1.807, 2.05) is 0 Å². The van der Waals surface area contributed by atoms with Gasteiger partial charge in [-0.05, 0) is 36.8 Å². The smallest absolute Gasteiger partial charge is 0.240 e. The third-order valence-corrected chi connectivity index (χ3v) is 5.13. The molecule has 0 radical (unpaired) electrons. The van der Waals surface area contributed by atoms with Crippen LogP contribution in [0.5, 0.6) is 5.75 Å². The fraction of sp³-hybridized carbons (Fsp3) is 0.235. The second-order valence-corrected chi connectivity index (χ2v) is 7.67. The first kappa shape index (κ1) is 20.1. The van der Waals surface area contributed by atoms with Crippen LogP contribution in [-0.4, -0.2) is 27.6 Å². The molecule has 9 heteroatoms. The Balaban J connectivity index is 1.81. The zero-order valence-corrected chi connectivity index (χ0v) is 15.2. The van der Waals surface area contributed by atoms with Gasteiger partial charge in [-0.1, -0.05) is 17.7 Å². The van der Waals surface area contributed by atoms with E-state index in [1.54, 1.807) is 18.2 Å². The van der Waals surface area contributed by atoms with E-state index in [4.69, 9.17) is 27.3 Å². The maximum atomic E-state index is 13.5. The molecular formula is C17H17ClFN3O3S. The molecule has 0 saturated heterocycles. The number of ether oxygens (including phenoxy) is 1. The zero-order valence-electron chi connectivity index (χ0n) is 13.7. The molecule has 1 atom stereocenters. The predicted octanol–water partition coefficient (Wildman–Crippen LogP) is 2.43. The number of nitrogens with one attached hydrogen (secondary N) is 1. The van der Waals surface area contributed by atoms with Crippen LogP contribution in [0.1, 0.15) is 12.0 Å². The van der Waals surface area contributed by atoms with E-state index in [1.165, 1.54) is 24.3 Å². The summed E-state index contributed by atoms with van der Waals surface area (Å²) in [7, 11) is -3.67. The van der Waals surface area contributed by atoms with Crippen molar-refractivity contribution in [2.75, 3.05) is 13.2 Å². The summed E-state index contributed by atoms with van der Waals surface area (Å²) < 4.78 is 45.5. The molecule has 0 heterocycles. The SMILES string of the molecule is N#Cc1ccc(OCC(N)CCNS(=O)(=O)c2cccc(Cl)c2)cc1F. The number of benzene rings is 2. The molecular weight excluding hydrogens is 381 g/mol. The summed E-state index contributed by atoms with van der Waals surface area (Å²) in [4.78, 5) is 0.0721. The third kappa shape index (κ3) is 5.68. The van der Waals surface area contributed by atoms with Gasteiger partial charge in [-0.15, -0.1) is 0 Å². The van der Waals surface area contributed by atoms with Gasteiger partial charge in [-0.3, -0.25) is 0 Å². The van der Waals surface area contributed by atoms with Gasteiger partial charge in [-0.2, -0.15) is 5.26 Å². The van der Waals surface area contributed by atoms with E-state index >= 15 is 0 Å². The Hall–Kier alpha value is -2.18. The lowest BCUT2D eigenvalue weighted by molar-refractivity contribution is 0.281. The normalized spacial score (nSPS) is 12.4. The predicted molar refractivity (Wildman–Crippen MR) is 95.8 cm³/mol. The molecule has 0 saturated carbocycles. The summed E-state index contributed by atoms with van der Waals surface area (Å²) in [5.41, 5.74) is 5.81. The highest BCUT2D eigenvalue weighted by molar-refractivity contribution is 7.89. The summed E-state index contributed by atoms with van der Waals surface area (Å²) in [6, 6.07) is 11.1. The second kappa shape index (κ2) is 8.96. The second-order valence-electron chi connectivity index (χ2n) is 5.47. The Morgan fingerprint density at radius 3 is 2.73 bits per heavy atom. The molecule has 0 aliphatic carbocycles. The maximum absolute atomic E-state index is 13.5. The summed E-state index contributed by atoms with van der Waals surface area (Å²) >= 11 is 5.79. The molecule has 3 N–H and O–H groups in total. The monoisotopic (exact) mass is 397 g/mol. The van der Waals surface area contributed by atoms with Crippen LogP contribution in [0.3, 0.4) is 0 Å². The third-order valence-electron chi connectivity index (χ3n) is 3.44. The molecule has 0 fully saturated rings. The van der Waals surface area contributed by atoms with E-state index in [9.17, 15) is 12.8 Å². The van der Waals surface area contributed by atoms with Gasteiger partial charge in [0.2, 0.25) is 10.0 Å². The van der Waals surface area contributed by atoms with Crippen molar-refractivity contribution in [1.82, 2.24) is 4.72 Å². The van der Waals surface area contributed by atoms with Gasteiger partial charge in [0.05, 0.1) is 10.5 Å². The lowest BCUT2D eigenvalue weighted by atomic mass is 10.2. The molecule has 2 rings (SSSR count). The zero-order chi connectivity index (χ0) is 19.2. The first-order valence-electron chi connectivity index (χ1n) is 7.65. The first-order chi connectivity index (χ1) is 12.3. The molecule has 2 aromatic carbocycles. The largest absolute Gasteiger partial charge is 0.492 e. The summed E-state index contributed by atoms with van der Waals surface area (Å²) in [6.07, 6.45) is 0.318. The molecule has 0 aliphatic rings. The van der Waals surface area contributed by atoms with Crippen molar-refractivity contribution in [2.24, 2.45) is 5.73 Å². The van der Waals surface area contributed by atoms with Crippen LogP contribution in [0, 0.1) is 17.1 Å². The number of nitrogens with zero attached hydrogens (tertiary/aromatic N) is 1. The Kier molecular flexibility index (Phi) is 6.94. The number of nitriles is 1.